The minimum absolute atomic E-state index is 0.413. The molecule has 0 fully saturated rings. The third-order valence-electron chi connectivity index (χ3n) is 4.96. The van der Waals surface area contributed by atoms with Gasteiger partial charge in [-0.05, 0) is 12.1 Å². The van der Waals surface area contributed by atoms with E-state index < -0.39 is 0 Å². The summed E-state index contributed by atoms with van der Waals surface area (Å²) in [6.07, 6.45) is 0.962. The average molecular weight is 331 g/mol. The van der Waals surface area contributed by atoms with Gasteiger partial charge >= 0.3 is 0 Å². The maximum atomic E-state index is 9.33. The van der Waals surface area contributed by atoms with Crippen LogP contribution in [0.15, 0.2) is 30.3 Å². The average Bonchev–Trinajstić information content (AvgIpc) is 2.97. The number of hydrogen-bond acceptors (Lipinski definition) is 4. The number of anilines is 1. The van der Waals surface area contributed by atoms with Crippen LogP contribution in [0, 0.1) is 11.3 Å². The highest BCUT2D eigenvalue weighted by atomic mass is 15.2. The molecule has 3 aromatic rings. The number of nitrogens with zero attached hydrogens (tertiary/aromatic N) is 5. The Morgan fingerprint density at radius 2 is 2.00 bits per heavy atom. The van der Waals surface area contributed by atoms with Gasteiger partial charge in [-0.15, -0.1) is 0 Å². The molecule has 2 aromatic heterocycles. The van der Waals surface area contributed by atoms with Crippen molar-refractivity contribution in [3.63, 3.8) is 0 Å². The maximum absolute atomic E-state index is 9.33. The van der Waals surface area contributed by atoms with E-state index in [-0.39, 0.29) is 0 Å². The van der Waals surface area contributed by atoms with Crippen molar-refractivity contribution in [2.24, 2.45) is 7.05 Å². The van der Waals surface area contributed by atoms with Gasteiger partial charge in [-0.25, -0.2) is 9.97 Å². The van der Waals surface area contributed by atoms with E-state index >= 15 is 0 Å². The summed E-state index contributed by atoms with van der Waals surface area (Å²) in [4.78, 5) is 11.6. The molecule has 3 heterocycles. The van der Waals surface area contributed by atoms with Crippen LogP contribution < -0.4 is 4.90 Å². The lowest BCUT2D eigenvalue weighted by Gasteiger charge is -2.29. The lowest BCUT2D eigenvalue weighted by Crippen LogP contribution is -2.31. The molecule has 5 nitrogen and oxygen atoms in total. The molecule has 0 spiro atoms. The van der Waals surface area contributed by atoms with E-state index in [2.05, 4.69) is 47.5 Å². The Morgan fingerprint density at radius 1 is 1.20 bits per heavy atom. The smallest absolute Gasteiger partial charge is 0.143 e. The molecule has 25 heavy (non-hydrogen) atoms. The van der Waals surface area contributed by atoms with Crippen molar-refractivity contribution in [2.75, 3.05) is 11.4 Å². The molecule has 5 heteroatoms. The van der Waals surface area contributed by atoms with Crippen molar-refractivity contribution in [2.45, 2.75) is 32.7 Å². The summed E-state index contributed by atoms with van der Waals surface area (Å²) in [5, 5.41) is 10.4. The number of pyridine rings is 1. The fraction of sp³-hybridized carbons (Fsp3) is 0.350. The fourth-order valence-electron chi connectivity index (χ4n) is 3.75. The summed E-state index contributed by atoms with van der Waals surface area (Å²) < 4.78 is 2.25. The molecular formula is C20H21N5. The number of rotatable bonds is 2. The Hall–Kier alpha value is -2.87. The second-order valence-electron chi connectivity index (χ2n) is 6.90. The second-order valence-corrected chi connectivity index (χ2v) is 6.90. The number of fused-ring (bicyclic) bond motifs is 2. The van der Waals surface area contributed by atoms with Gasteiger partial charge in [0.05, 0.1) is 17.8 Å². The molecule has 0 atom stereocenters. The Labute approximate surface area is 147 Å². The standard InChI is InChI=1S/C20H21N5/c1-13(2)20-23-17-12-25(9-8-18(17)24(20)3)19-10-14(11-21)22-16-7-5-4-6-15(16)19/h4-7,10,13H,8-9,12H2,1-3H3. The van der Waals surface area contributed by atoms with Crippen LogP contribution in [0.5, 0.6) is 0 Å². The van der Waals surface area contributed by atoms with Crippen LogP contribution in [-0.2, 0) is 20.0 Å². The normalized spacial score (nSPS) is 14.0. The van der Waals surface area contributed by atoms with E-state index in [4.69, 9.17) is 4.98 Å². The van der Waals surface area contributed by atoms with Crippen molar-refractivity contribution in [3.8, 4) is 6.07 Å². The number of imidazole rings is 1. The zero-order valence-corrected chi connectivity index (χ0v) is 14.8. The van der Waals surface area contributed by atoms with E-state index in [1.165, 1.54) is 5.69 Å². The molecule has 126 valence electrons. The van der Waals surface area contributed by atoms with Crippen molar-refractivity contribution >= 4 is 16.6 Å². The van der Waals surface area contributed by atoms with Gasteiger partial charge in [0, 0.05) is 42.7 Å². The largest absolute Gasteiger partial charge is 0.365 e. The van der Waals surface area contributed by atoms with Crippen molar-refractivity contribution in [3.05, 3.63) is 53.2 Å². The van der Waals surface area contributed by atoms with Crippen molar-refractivity contribution in [1.29, 1.82) is 5.26 Å². The summed E-state index contributed by atoms with van der Waals surface area (Å²) in [7, 11) is 2.12. The molecule has 0 amide bonds. The second kappa shape index (κ2) is 5.89. The van der Waals surface area contributed by atoms with Gasteiger partial charge in [0.25, 0.3) is 0 Å². The Balaban J connectivity index is 1.79. The van der Waals surface area contributed by atoms with Crippen LogP contribution in [0.25, 0.3) is 10.9 Å². The van der Waals surface area contributed by atoms with E-state index in [1.807, 2.05) is 24.3 Å². The first-order valence-electron chi connectivity index (χ1n) is 8.67. The SMILES string of the molecule is CC(C)c1nc2c(n1C)CCN(c1cc(C#N)nc3ccccc13)C2. The fourth-order valence-corrected chi connectivity index (χ4v) is 3.75. The van der Waals surface area contributed by atoms with Gasteiger partial charge < -0.3 is 9.47 Å². The minimum atomic E-state index is 0.413. The van der Waals surface area contributed by atoms with Crippen LogP contribution in [0.4, 0.5) is 5.69 Å². The maximum Gasteiger partial charge on any atom is 0.143 e. The molecule has 0 radical (unpaired) electrons. The molecule has 0 saturated carbocycles. The summed E-state index contributed by atoms with van der Waals surface area (Å²) in [6.45, 7) is 6.06. The Morgan fingerprint density at radius 3 is 2.76 bits per heavy atom. The summed E-state index contributed by atoms with van der Waals surface area (Å²) >= 11 is 0. The molecular weight excluding hydrogens is 310 g/mol. The summed E-state index contributed by atoms with van der Waals surface area (Å²) in [5.41, 5.74) is 4.88. The van der Waals surface area contributed by atoms with Gasteiger partial charge in [0.2, 0.25) is 0 Å². The third kappa shape index (κ3) is 2.54. The third-order valence-corrected chi connectivity index (χ3v) is 4.96. The zero-order chi connectivity index (χ0) is 17.6. The van der Waals surface area contributed by atoms with E-state index in [1.54, 1.807) is 0 Å². The highest BCUT2D eigenvalue weighted by Crippen LogP contribution is 2.31. The number of nitriles is 1. The lowest BCUT2D eigenvalue weighted by atomic mass is 10.1. The summed E-state index contributed by atoms with van der Waals surface area (Å²) in [5.74, 6) is 1.56. The summed E-state index contributed by atoms with van der Waals surface area (Å²) in [6, 6.07) is 12.1. The van der Waals surface area contributed by atoms with Gasteiger partial charge in [-0.1, -0.05) is 32.0 Å². The van der Waals surface area contributed by atoms with Gasteiger partial charge in [-0.3, -0.25) is 0 Å². The predicted molar refractivity (Wildman–Crippen MR) is 98.5 cm³/mol. The van der Waals surface area contributed by atoms with Crippen LogP contribution >= 0.6 is 0 Å². The van der Waals surface area contributed by atoms with E-state index in [9.17, 15) is 5.26 Å². The quantitative estimate of drug-likeness (QED) is 0.721. The molecule has 1 aliphatic rings. The van der Waals surface area contributed by atoms with Crippen LogP contribution in [0.1, 0.15) is 42.7 Å². The zero-order valence-electron chi connectivity index (χ0n) is 14.8. The number of hydrogen-bond donors (Lipinski definition) is 0. The molecule has 0 aliphatic carbocycles. The lowest BCUT2D eigenvalue weighted by molar-refractivity contribution is 0.663. The van der Waals surface area contributed by atoms with Crippen LogP contribution in [-0.4, -0.2) is 21.1 Å². The number of para-hydroxylation sites is 1. The van der Waals surface area contributed by atoms with Gasteiger partial charge in [0.1, 0.15) is 17.6 Å². The molecule has 1 aromatic carbocycles. The number of aromatic nitrogens is 3. The first-order valence-corrected chi connectivity index (χ1v) is 8.67. The number of benzene rings is 1. The highest BCUT2D eigenvalue weighted by molar-refractivity contribution is 5.92. The molecule has 0 saturated heterocycles. The molecule has 0 unspecified atom stereocenters. The first-order chi connectivity index (χ1) is 12.1. The molecule has 4 rings (SSSR count). The van der Waals surface area contributed by atoms with Crippen LogP contribution in [0.2, 0.25) is 0 Å². The topological polar surface area (TPSA) is 57.7 Å². The van der Waals surface area contributed by atoms with Crippen LogP contribution in [0.3, 0.4) is 0 Å². The Bertz CT molecular complexity index is 993. The monoisotopic (exact) mass is 331 g/mol. The molecule has 0 bridgehead atoms. The predicted octanol–water partition coefficient (Wildman–Crippen LogP) is 3.53. The highest BCUT2D eigenvalue weighted by Gasteiger charge is 2.25. The molecule has 0 N–H and O–H groups in total. The first kappa shape index (κ1) is 15.6. The molecule has 1 aliphatic heterocycles. The van der Waals surface area contributed by atoms with Gasteiger partial charge in [0.15, 0.2) is 0 Å². The van der Waals surface area contributed by atoms with Crippen molar-refractivity contribution < 1.29 is 0 Å². The van der Waals surface area contributed by atoms with E-state index in [0.29, 0.717) is 11.6 Å². The Kier molecular flexibility index (Phi) is 3.69. The van der Waals surface area contributed by atoms with E-state index in [0.717, 1.165) is 47.6 Å². The van der Waals surface area contributed by atoms with Crippen molar-refractivity contribution in [1.82, 2.24) is 14.5 Å². The minimum Gasteiger partial charge on any atom is -0.365 e. The van der Waals surface area contributed by atoms with Gasteiger partial charge in [-0.2, -0.15) is 5.26 Å².